The Morgan fingerprint density at radius 1 is 1.00 bits per heavy atom. The standard InChI is InChI=1S/C16H16N2O/c1-18(2)11-12-7-3-4-8-13(12)16-14-9-5-6-10-15(14)19-17-16/h3-10H,11H2,1-2H3. The smallest absolute Gasteiger partial charge is 0.167 e. The van der Waals surface area contributed by atoms with E-state index >= 15 is 0 Å². The summed E-state index contributed by atoms with van der Waals surface area (Å²) in [6.07, 6.45) is 0. The predicted molar refractivity (Wildman–Crippen MR) is 76.8 cm³/mol. The molecule has 1 heterocycles. The lowest BCUT2D eigenvalue weighted by molar-refractivity contribution is 0.402. The van der Waals surface area contributed by atoms with Crippen LogP contribution in [-0.2, 0) is 6.54 Å². The highest BCUT2D eigenvalue weighted by atomic mass is 16.5. The summed E-state index contributed by atoms with van der Waals surface area (Å²) in [5, 5.41) is 5.30. The second kappa shape index (κ2) is 4.86. The third kappa shape index (κ3) is 2.25. The zero-order chi connectivity index (χ0) is 13.2. The van der Waals surface area contributed by atoms with Crippen molar-refractivity contribution in [2.45, 2.75) is 6.54 Å². The summed E-state index contributed by atoms with van der Waals surface area (Å²) < 4.78 is 5.40. The second-order valence-corrected chi connectivity index (χ2v) is 4.92. The van der Waals surface area contributed by atoms with Crippen LogP contribution in [0.25, 0.3) is 22.2 Å². The van der Waals surface area contributed by atoms with Gasteiger partial charge in [-0.15, -0.1) is 0 Å². The van der Waals surface area contributed by atoms with Gasteiger partial charge < -0.3 is 9.42 Å². The highest BCUT2D eigenvalue weighted by Crippen LogP contribution is 2.30. The molecule has 19 heavy (non-hydrogen) atoms. The van der Waals surface area contributed by atoms with Gasteiger partial charge in [-0.2, -0.15) is 0 Å². The van der Waals surface area contributed by atoms with Crippen LogP contribution in [0.2, 0.25) is 0 Å². The minimum absolute atomic E-state index is 0.831. The van der Waals surface area contributed by atoms with Gasteiger partial charge in [0.1, 0.15) is 5.69 Å². The largest absolute Gasteiger partial charge is 0.356 e. The van der Waals surface area contributed by atoms with Gasteiger partial charge in [-0.05, 0) is 31.8 Å². The topological polar surface area (TPSA) is 29.3 Å². The minimum atomic E-state index is 0.831. The van der Waals surface area contributed by atoms with E-state index in [-0.39, 0.29) is 0 Å². The number of aromatic nitrogens is 1. The van der Waals surface area contributed by atoms with Gasteiger partial charge in [0.05, 0.1) is 0 Å². The summed E-state index contributed by atoms with van der Waals surface area (Å²) in [7, 11) is 4.13. The Morgan fingerprint density at radius 2 is 1.74 bits per heavy atom. The summed E-state index contributed by atoms with van der Waals surface area (Å²) in [6.45, 7) is 0.886. The molecule has 2 aromatic carbocycles. The van der Waals surface area contributed by atoms with Crippen molar-refractivity contribution in [1.29, 1.82) is 0 Å². The first-order chi connectivity index (χ1) is 9.25. The maximum atomic E-state index is 5.40. The number of hydrogen-bond acceptors (Lipinski definition) is 3. The maximum absolute atomic E-state index is 5.40. The summed E-state index contributed by atoms with van der Waals surface area (Å²) in [4.78, 5) is 2.15. The average molecular weight is 252 g/mol. The van der Waals surface area contributed by atoms with Gasteiger partial charge in [0, 0.05) is 17.5 Å². The lowest BCUT2D eigenvalue weighted by atomic mass is 10.0. The molecule has 0 fully saturated rings. The molecule has 0 N–H and O–H groups in total. The lowest BCUT2D eigenvalue weighted by Gasteiger charge is -2.12. The molecule has 0 unspecified atom stereocenters. The van der Waals surface area contributed by atoms with Crippen LogP contribution in [0.15, 0.2) is 53.1 Å². The highest BCUT2D eigenvalue weighted by molar-refractivity contribution is 5.92. The van der Waals surface area contributed by atoms with Gasteiger partial charge in [-0.3, -0.25) is 0 Å². The molecule has 0 spiro atoms. The average Bonchev–Trinajstić information content (AvgIpc) is 2.82. The van der Waals surface area contributed by atoms with E-state index in [1.165, 1.54) is 5.56 Å². The fourth-order valence-corrected chi connectivity index (χ4v) is 2.31. The number of fused-ring (bicyclic) bond motifs is 1. The van der Waals surface area contributed by atoms with Crippen molar-refractivity contribution in [3.05, 3.63) is 54.1 Å². The zero-order valence-corrected chi connectivity index (χ0v) is 11.1. The van der Waals surface area contributed by atoms with E-state index in [1.54, 1.807) is 0 Å². The molecular formula is C16H16N2O. The molecule has 0 atom stereocenters. The van der Waals surface area contributed by atoms with Gasteiger partial charge in [0.25, 0.3) is 0 Å². The van der Waals surface area contributed by atoms with Crippen LogP contribution in [-0.4, -0.2) is 24.2 Å². The third-order valence-electron chi connectivity index (χ3n) is 3.14. The first-order valence-electron chi connectivity index (χ1n) is 6.33. The van der Waals surface area contributed by atoms with E-state index in [1.807, 2.05) is 30.3 Å². The molecule has 96 valence electrons. The minimum Gasteiger partial charge on any atom is -0.356 e. The van der Waals surface area contributed by atoms with Gasteiger partial charge in [-0.25, -0.2) is 0 Å². The normalized spacial score (nSPS) is 11.3. The van der Waals surface area contributed by atoms with Crippen LogP contribution < -0.4 is 0 Å². The van der Waals surface area contributed by atoms with Crippen molar-refractivity contribution in [3.8, 4) is 11.3 Å². The molecular weight excluding hydrogens is 236 g/mol. The number of benzene rings is 2. The molecule has 0 aliphatic carbocycles. The van der Waals surface area contributed by atoms with E-state index in [0.29, 0.717) is 0 Å². The molecule has 0 amide bonds. The molecule has 0 aliphatic rings. The number of rotatable bonds is 3. The van der Waals surface area contributed by atoms with Crippen LogP contribution in [0.3, 0.4) is 0 Å². The first-order valence-corrected chi connectivity index (χ1v) is 6.33. The molecule has 3 rings (SSSR count). The summed E-state index contributed by atoms with van der Waals surface area (Å²) in [5.74, 6) is 0. The van der Waals surface area contributed by atoms with Gasteiger partial charge >= 0.3 is 0 Å². The summed E-state index contributed by atoms with van der Waals surface area (Å²) in [6, 6.07) is 16.3. The second-order valence-electron chi connectivity index (χ2n) is 4.92. The molecule has 0 saturated carbocycles. The van der Waals surface area contributed by atoms with Crippen LogP contribution in [0.1, 0.15) is 5.56 Å². The maximum Gasteiger partial charge on any atom is 0.167 e. The number of hydrogen-bond donors (Lipinski definition) is 0. The van der Waals surface area contributed by atoms with E-state index in [2.05, 4.69) is 42.4 Å². The highest BCUT2D eigenvalue weighted by Gasteiger charge is 2.13. The van der Waals surface area contributed by atoms with Gasteiger partial charge in [-0.1, -0.05) is 41.6 Å². The Balaban J connectivity index is 2.16. The Morgan fingerprint density at radius 3 is 2.58 bits per heavy atom. The van der Waals surface area contributed by atoms with Crippen LogP contribution in [0.5, 0.6) is 0 Å². The molecule has 0 aliphatic heterocycles. The Labute approximate surface area is 112 Å². The Bertz CT molecular complexity index is 701. The molecule has 0 radical (unpaired) electrons. The van der Waals surface area contributed by atoms with Crippen molar-refractivity contribution in [3.63, 3.8) is 0 Å². The predicted octanol–water partition coefficient (Wildman–Crippen LogP) is 3.56. The number of nitrogens with zero attached hydrogens (tertiary/aromatic N) is 2. The van der Waals surface area contributed by atoms with Crippen LogP contribution >= 0.6 is 0 Å². The van der Waals surface area contributed by atoms with Crippen molar-refractivity contribution in [2.75, 3.05) is 14.1 Å². The monoisotopic (exact) mass is 252 g/mol. The quantitative estimate of drug-likeness (QED) is 0.713. The van der Waals surface area contributed by atoms with Gasteiger partial charge in [0.2, 0.25) is 0 Å². The van der Waals surface area contributed by atoms with Crippen molar-refractivity contribution >= 4 is 11.0 Å². The first kappa shape index (κ1) is 11.9. The fraction of sp³-hybridized carbons (Fsp3) is 0.188. The third-order valence-corrected chi connectivity index (χ3v) is 3.14. The van der Waals surface area contributed by atoms with E-state index < -0.39 is 0 Å². The fourth-order valence-electron chi connectivity index (χ4n) is 2.31. The zero-order valence-electron chi connectivity index (χ0n) is 11.1. The lowest BCUT2D eigenvalue weighted by Crippen LogP contribution is -2.11. The Kier molecular flexibility index (Phi) is 3.05. The van der Waals surface area contributed by atoms with Crippen LogP contribution in [0, 0.1) is 0 Å². The van der Waals surface area contributed by atoms with Gasteiger partial charge in [0.15, 0.2) is 5.58 Å². The Hall–Kier alpha value is -2.13. The molecule has 3 aromatic rings. The molecule has 3 heteroatoms. The van der Waals surface area contributed by atoms with E-state index in [9.17, 15) is 0 Å². The van der Waals surface area contributed by atoms with Crippen molar-refractivity contribution in [2.24, 2.45) is 0 Å². The van der Waals surface area contributed by atoms with Crippen LogP contribution in [0.4, 0.5) is 0 Å². The van der Waals surface area contributed by atoms with E-state index in [4.69, 9.17) is 4.52 Å². The molecule has 0 saturated heterocycles. The number of para-hydroxylation sites is 1. The molecule has 0 bridgehead atoms. The van der Waals surface area contributed by atoms with Crippen molar-refractivity contribution in [1.82, 2.24) is 10.1 Å². The van der Waals surface area contributed by atoms with E-state index in [0.717, 1.165) is 28.8 Å². The molecule has 3 nitrogen and oxygen atoms in total. The summed E-state index contributed by atoms with van der Waals surface area (Å²) in [5.41, 5.74) is 4.15. The SMILES string of the molecule is CN(C)Cc1ccccc1-c1noc2ccccc12. The summed E-state index contributed by atoms with van der Waals surface area (Å²) >= 11 is 0. The van der Waals surface area contributed by atoms with Crippen molar-refractivity contribution < 1.29 is 4.52 Å². The molecule has 1 aromatic heterocycles.